The number of piperazine rings is 1. The number of nitrogens with one attached hydrogen (secondary N) is 1. The van der Waals surface area contributed by atoms with E-state index >= 15 is 4.39 Å². The number of benzene rings is 3. The van der Waals surface area contributed by atoms with E-state index in [2.05, 4.69) is 38.9 Å². The maximum atomic E-state index is 15.1. The molecule has 4 aromatic rings. The number of esters is 1. The van der Waals surface area contributed by atoms with Crippen LogP contribution in [0.3, 0.4) is 0 Å². The largest absolute Gasteiger partial charge is 0.497 e. The molecule has 5 rings (SSSR count). The van der Waals surface area contributed by atoms with Gasteiger partial charge >= 0.3 is 12.1 Å². The lowest BCUT2D eigenvalue weighted by atomic mass is 10.1. The molecule has 270 valence electrons. The van der Waals surface area contributed by atoms with E-state index in [-0.39, 0.29) is 35.4 Å². The Labute approximate surface area is 296 Å². The van der Waals surface area contributed by atoms with Gasteiger partial charge in [0.05, 0.1) is 27.9 Å². The van der Waals surface area contributed by atoms with Gasteiger partial charge in [-0.3, -0.25) is 14.7 Å². The van der Waals surface area contributed by atoms with Crippen LogP contribution in [-0.4, -0.2) is 98.5 Å². The predicted molar refractivity (Wildman–Crippen MR) is 190 cm³/mol. The lowest BCUT2D eigenvalue weighted by Gasteiger charge is -2.36. The van der Waals surface area contributed by atoms with Crippen LogP contribution in [0, 0.1) is 5.82 Å². The Kier molecular flexibility index (Phi) is 12.6. The quantitative estimate of drug-likeness (QED) is 0.160. The number of hydrogen-bond donors (Lipinski definition) is 1. The SMILES string of the molecule is COC(=O)c1ccccc1OC(=O)N(Cc1cc(OC)ccc1OC)c1ccnc(Nc2ccc(OCCN3CCN(C(C)C)CC3)c(F)c2)n1. The molecule has 0 bridgehead atoms. The van der Waals surface area contributed by atoms with E-state index < -0.39 is 17.9 Å². The molecule has 1 aliphatic rings. The highest BCUT2D eigenvalue weighted by atomic mass is 19.1. The highest BCUT2D eigenvalue weighted by Gasteiger charge is 2.25. The molecule has 51 heavy (non-hydrogen) atoms. The van der Waals surface area contributed by atoms with Gasteiger partial charge in [0.25, 0.3) is 0 Å². The maximum Gasteiger partial charge on any atom is 0.421 e. The summed E-state index contributed by atoms with van der Waals surface area (Å²) in [4.78, 5) is 41.1. The van der Waals surface area contributed by atoms with Crippen LogP contribution in [0.15, 0.2) is 72.9 Å². The van der Waals surface area contributed by atoms with Gasteiger partial charge in [0.1, 0.15) is 35.2 Å². The molecule has 0 atom stereocenters. The van der Waals surface area contributed by atoms with E-state index in [4.69, 9.17) is 23.7 Å². The fourth-order valence-corrected chi connectivity index (χ4v) is 5.57. The molecule has 1 fully saturated rings. The molecule has 1 N–H and O–H groups in total. The smallest absolute Gasteiger partial charge is 0.421 e. The number of aromatic nitrogens is 2. The Hall–Kier alpha value is -5.47. The summed E-state index contributed by atoms with van der Waals surface area (Å²) in [6, 6.07) is 17.9. The summed E-state index contributed by atoms with van der Waals surface area (Å²) < 4.78 is 42.4. The fraction of sp³-hybridized carbons (Fsp3) is 0.351. The zero-order chi connectivity index (χ0) is 36.3. The van der Waals surface area contributed by atoms with E-state index in [0.717, 1.165) is 26.2 Å². The lowest BCUT2D eigenvalue weighted by Crippen LogP contribution is -2.49. The Balaban J connectivity index is 1.32. The van der Waals surface area contributed by atoms with E-state index in [1.165, 1.54) is 56.7 Å². The summed E-state index contributed by atoms with van der Waals surface area (Å²) >= 11 is 0. The molecule has 1 amide bonds. The summed E-state index contributed by atoms with van der Waals surface area (Å²) in [5, 5.41) is 3.00. The van der Waals surface area contributed by atoms with Gasteiger partial charge in [-0.2, -0.15) is 4.98 Å². The number of carbonyl (C=O) groups excluding carboxylic acids is 2. The van der Waals surface area contributed by atoms with Crippen molar-refractivity contribution in [2.45, 2.75) is 26.4 Å². The van der Waals surface area contributed by atoms with E-state index in [1.807, 2.05) is 0 Å². The number of nitrogens with zero attached hydrogens (tertiary/aromatic N) is 5. The first-order chi connectivity index (χ1) is 24.7. The second-order valence-electron chi connectivity index (χ2n) is 11.9. The van der Waals surface area contributed by atoms with Crippen molar-refractivity contribution in [3.05, 3.63) is 89.9 Å². The van der Waals surface area contributed by atoms with Crippen molar-refractivity contribution in [3.8, 4) is 23.0 Å². The van der Waals surface area contributed by atoms with Crippen molar-refractivity contribution in [2.75, 3.05) is 70.9 Å². The van der Waals surface area contributed by atoms with E-state index in [1.54, 1.807) is 42.5 Å². The van der Waals surface area contributed by atoms with Gasteiger partial charge in [-0.25, -0.2) is 19.0 Å². The minimum absolute atomic E-state index is 0.00385. The number of amides is 1. The highest BCUT2D eigenvalue weighted by molar-refractivity contribution is 5.95. The molecule has 13 nitrogen and oxygen atoms in total. The molecule has 0 radical (unpaired) electrons. The molecule has 1 saturated heterocycles. The molecule has 3 aromatic carbocycles. The second kappa shape index (κ2) is 17.5. The second-order valence-corrected chi connectivity index (χ2v) is 11.9. The molecule has 0 aliphatic carbocycles. The van der Waals surface area contributed by atoms with Crippen molar-refractivity contribution < 1.29 is 37.7 Å². The minimum Gasteiger partial charge on any atom is -0.497 e. The van der Waals surface area contributed by atoms with E-state index in [0.29, 0.717) is 41.9 Å². The maximum absolute atomic E-state index is 15.1. The average Bonchev–Trinajstić information content (AvgIpc) is 3.14. The van der Waals surface area contributed by atoms with Crippen LogP contribution in [0.2, 0.25) is 0 Å². The number of hydrogen-bond acceptors (Lipinski definition) is 12. The van der Waals surface area contributed by atoms with Gasteiger partial charge in [-0.1, -0.05) is 12.1 Å². The number of rotatable bonds is 14. The number of para-hydroxylation sites is 1. The molecular weight excluding hydrogens is 659 g/mol. The first kappa shape index (κ1) is 36.8. The fourth-order valence-electron chi connectivity index (χ4n) is 5.57. The molecule has 0 saturated carbocycles. The standard InChI is InChI=1S/C37H43FN6O7/c1-25(2)43-18-16-42(17-19-43)20-21-50-33-12-10-27(23-30(33)38)40-36-39-15-14-34(41-36)44(24-26-22-28(47-3)11-13-31(26)48-4)37(46)51-32-9-7-6-8-29(32)35(45)49-5/h6-15,22-23,25H,16-21,24H2,1-5H3,(H,39,40,41). The van der Waals surface area contributed by atoms with Crippen molar-refractivity contribution >= 4 is 29.5 Å². The Bertz CT molecular complexity index is 1800. The van der Waals surface area contributed by atoms with Gasteiger partial charge in [0, 0.05) is 62.3 Å². The molecule has 1 aromatic heterocycles. The third-order valence-corrected chi connectivity index (χ3v) is 8.43. The van der Waals surface area contributed by atoms with Crippen LogP contribution >= 0.6 is 0 Å². The Morgan fingerprint density at radius 1 is 0.922 bits per heavy atom. The molecule has 14 heteroatoms. The minimum atomic E-state index is -0.852. The van der Waals surface area contributed by atoms with Crippen molar-refractivity contribution in [1.29, 1.82) is 0 Å². The van der Waals surface area contributed by atoms with Crippen molar-refractivity contribution in [3.63, 3.8) is 0 Å². The molecule has 0 unspecified atom stereocenters. The number of methoxy groups -OCH3 is 3. The summed E-state index contributed by atoms with van der Waals surface area (Å²) in [6.45, 7) is 9.33. The third kappa shape index (κ3) is 9.61. The van der Waals surface area contributed by atoms with Crippen LogP contribution in [0.5, 0.6) is 23.0 Å². The van der Waals surface area contributed by atoms with Crippen molar-refractivity contribution in [1.82, 2.24) is 19.8 Å². The predicted octanol–water partition coefficient (Wildman–Crippen LogP) is 5.77. The number of anilines is 3. The van der Waals surface area contributed by atoms with Crippen LogP contribution in [0.4, 0.5) is 26.6 Å². The van der Waals surface area contributed by atoms with Crippen LogP contribution in [0.1, 0.15) is 29.8 Å². The topological polar surface area (TPSA) is 128 Å². The van der Waals surface area contributed by atoms with Crippen LogP contribution < -0.4 is 29.2 Å². The van der Waals surface area contributed by atoms with Gasteiger partial charge in [-0.05, 0) is 62.4 Å². The zero-order valence-electron chi connectivity index (χ0n) is 29.4. The first-order valence-electron chi connectivity index (χ1n) is 16.6. The summed E-state index contributed by atoms with van der Waals surface area (Å²) in [7, 11) is 4.28. The number of halogens is 1. The Morgan fingerprint density at radius 3 is 2.39 bits per heavy atom. The Morgan fingerprint density at radius 2 is 1.69 bits per heavy atom. The number of ether oxygens (including phenoxy) is 5. The first-order valence-corrected chi connectivity index (χ1v) is 16.6. The normalized spacial score (nSPS) is 13.4. The average molecular weight is 703 g/mol. The molecule has 1 aliphatic heterocycles. The molecule has 0 spiro atoms. The van der Waals surface area contributed by atoms with Crippen molar-refractivity contribution in [2.24, 2.45) is 0 Å². The van der Waals surface area contributed by atoms with Gasteiger partial charge in [-0.15, -0.1) is 0 Å². The summed E-state index contributed by atoms with van der Waals surface area (Å²) in [5.41, 5.74) is 1.02. The third-order valence-electron chi connectivity index (χ3n) is 8.43. The summed E-state index contributed by atoms with van der Waals surface area (Å²) in [6.07, 6.45) is 0.598. The van der Waals surface area contributed by atoms with E-state index in [9.17, 15) is 9.59 Å². The van der Waals surface area contributed by atoms with Gasteiger partial charge in [0.15, 0.2) is 11.6 Å². The molecule has 2 heterocycles. The monoisotopic (exact) mass is 702 g/mol. The van der Waals surface area contributed by atoms with Crippen LogP contribution in [0.25, 0.3) is 0 Å². The number of carbonyl (C=O) groups is 2. The molecular formula is C37H43FN6O7. The lowest BCUT2D eigenvalue weighted by molar-refractivity contribution is 0.0598. The zero-order valence-corrected chi connectivity index (χ0v) is 29.4. The highest BCUT2D eigenvalue weighted by Crippen LogP contribution is 2.29. The summed E-state index contributed by atoms with van der Waals surface area (Å²) in [5.74, 6) is 0.193. The van der Waals surface area contributed by atoms with Crippen LogP contribution in [-0.2, 0) is 11.3 Å². The van der Waals surface area contributed by atoms with Gasteiger partial charge in [0.2, 0.25) is 5.95 Å². The van der Waals surface area contributed by atoms with Gasteiger partial charge < -0.3 is 29.0 Å².